The number of carbonyl (C=O) groups is 3. The zero-order valence-electron chi connectivity index (χ0n) is 19.2. The lowest BCUT2D eigenvalue weighted by atomic mass is 9.65. The summed E-state index contributed by atoms with van der Waals surface area (Å²) in [6, 6.07) is -1.14. The third-order valence-corrected chi connectivity index (χ3v) is 9.40. The standard InChI is InChI=1S/C22H37N3O4S/c1-8-11(2)13(10-26)25-17(19(28)24-21(4,5)6)22-12(3)9-14(30-22)15(18(27)23-7)16(22)20(25)29/h11-17,26H,8-10H2,1-7H3,(H,23,27)(H,24,28)/t11-,12?,13-,14-,15+,16-,17?,22?/m0/s1. The van der Waals surface area contributed by atoms with E-state index in [1.54, 1.807) is 23.7 Å². The van der Waals surface area contributed by atoms with Crippen LogP contribution in [0.5, 0.6) is 0 Å². The van der Waals surface area contributed by atoms with Crippen LogP contribution in [0.4, 0.5) is 0 Å². The molecule has 0 saturated carbocycles. The van der Waals surface area contributed by atoms with Crippen LogP contribution in [0.25, 0.3) is 0 Å². The van der Waals surface area contributed by atoms with E-state index in [-0.39, 0.29) is 41.4 Å². The second kappa shape index (κ2) is 8.01. The molecule has 0 radical (unpaired) electrons. The average molecular weight is 440 g/mol. The average Bonchev–Trinajstić information content (AvgIpc) is 3.24. The Morgan fingerprint density at radius 1 is 1.33 bits per heavy atom. The van der Waals surface area contributed by atoms with Gasteiger partial charge in [-0.3, -0.25) is 14.4 Å². The topological polar surface area (TPSA) is 98.7 Å². The van der Waals surface area contributed by atoms with Crippen molar-refractivity contribution in [3.8, 4) is 0 Å². The molecule has 0 aromatic carbocycles. The van der Waals surface area contributed by atoms with Gasteiger partial charge in [0.2, 0.25) is 17.7 Å². The molecule has 0 aromatic rings. The molecule has 0 aliphatic carbocycles. The van der Waals surface area contributed by atoms with E-state index in [4.69, 9.17) is 0 Å². The monoisotopic (exact) mass is 439 g/mol. The Balaban J connectivity index is 2.14. The summed E-state index contributed by atoms with van der Waals surface area (Å²) >= 11 is 1.66. The third kappa shape index (κ3) is 3.34. The van der Waals surface area contributed by atoms with Crippen LogP contribution in [0.15, 0.2) is 0 Å². The van der Waals surface area contributed by atoms with Crippen molar-refractivity contribution in [1.29, 1.82) is 0 Å². The van der Waals surface area contributed by atoms with E-state index >= 15 is 0 Å². The van der Waals surface area contributed by atoms with Gasteiger partial charge in [0.15, 0.2) is 0 Å². The minimum atomic E-state index is -0.694. The number of aliphatic hydroxyl groups excluding tert-OH is 1. The quantitative estimate of drug-likeness (QED) is 0.581. The third-order valence-electron chi connectivity index (χ3n) is 7.32. The Morgan fingerprint density at radius 2 is 1.97 bits per heavy atom. The first-order valence-corrected chi connectivity index (χ1v) is 12.0. The first kappa shape index (κ1) is 23.4. The largest absolute Gasteiger partial charge is 0.394 e. The van der Waals surface area contributed by atoms with E-state index in [0.717, 1.165) is 12.8 Å². The van der Waals surface area contributed by atoms with Crippen molar-refractivity contribution in [2.75, 3.05) is 13.7 Å². The first-order chi connectivity index (χ1) is 13.9. The molecule has 3 aliphatic heterocycles. The number of aliphatic hydroxyl groups is 1. The van der Waals surface area contributed by atoms with E-state index in [9.17, 15) is 19.5 Å². The molecule has 0 aromatic heterocycles. The molecule has 7 nitrogen and oxygen atoms in total. The van der Waals surface area contributed by atoms with Gasteiger partial charge in [-0.15, -0.1) is 11.8 Å². The fraction of sp³-hybridized carbons (Fsp3) is 0.864. The van der Waals surface area contributed by atoms with Crippen molar-refractivity contribution >= 4 is 29.5 Å². The molecule has 30 heavy (non-hydrogen) atoms. The highest BCUT2D eigenvalue weighted by Gasteiger charge is 2.76. The molecule has 1 spiro atoms. The van der Waals surface area contributed by atoms with Crippen LogP contribution in [0.2, 0.25) is 0 Å². The minimum Gasteiger partial charge on any atom is -0.394 e. The van der Waals surface area contributed by atoms with E-state index in [1.807, 2.05) is 34.6 Å². The highest BCUT2D eigenvalue weighted by molar-refractivity contribution is 8.02. The van der Waals surface area contributed by atoms with Gasteiger partial charge in [-0.2, -0.15) is 0 Å². The van der Waals surface area contributed by atoms with Crippen molar-refractivity contribution in [3.05, 3.63) is 0 Å². The van der Waals surface area contributed by atoms with Gasteiger partial charge in [-0.25, -0.2) is 0 Å². The molecular formula is C22H37N3O4S. The van der Waals surface area contributed by atoms with Gasteiger partial charge in [-0.1, -0.05) is 27.2 Å². The molecule has 8 heteroatoms. The van der Waals surface area contributed by atoms with E-state index in [1.165, 1.54) is 0 Å². The number of carbonyl (C=O) groups excluding carboxylic acids is 3. The predicted molar refractivity (Wildman–Crippen MR) is 118 cm³/mol. The van der Waals surface area contributed by atoms with E-state index in [2.05, 4.69) is 17.6 Å². The van der Waals surface area contributed by atoms with Crippen LogP contribution in [-0.4, -0.2) is 69.0 Å². The molecule has 3 unspecified atom stereocenters. The zero-order valence-corrected chi connectivity index (χ0v) is 20.0. The SMILES string of the molecule is CC[C@H](C)[C@H](CO)N1C(=O)[C@@H]2[C@H](C(=O)NC)[C@@H]3CC(C)C2(S3)C1C(=O)NC(C)(C)C. The van der Waals surface area contributed by atoms with Gasteiger partial charge in [0, 0.05) is 17.8 Å². The number of likely N-dealkylation sites (tertiary alicyclic amines) is 1. The molecule has 2 bridgehead atoms. The fourth-order valence-corrected chi connectivity index (χ4v) is 8.24. The van der Waals surface area contributed by atoms with Crippen LogP contribution >= 0.6 is 11.8 Å². The van der Waals surface area contributed by atoms with Gasteiger partial charge in [-0.05, 0) is 39.0 Å². The van der Waals surface area contributed by atoms with Crippen molar-refractivity contribution in [3.63, 3.8) is 0 Å². The summed E-state index contributed by atoms with van der Waals surface area (Å²) < 4.78 is -0.644. The number of thioether (sulfide) groups is 1. The maximum absolute atomic E-state index is 13.9. The van der Waals surface area contributed by atoms with E-state index < -0.39 is 34.2 Å². The summed E-state index contributed by atoms with van der Waals surface area (Å²) in [5, 5.41) is 16.1. The summed E-state index contributed by atoms with van der Waals surface area (Å²) in [6.45, 7) is 11.7. The van der Waals surface area contributed by atoms with Crippen LogP contribution < -0.4 is 10.6 Å². The Labute approximate surface area is 184 Å². The van der Waals surface area contributed by atoms with Gasteiger partial charge >= 0.3 is 0 Å². The Kier molecular flexibility index (Phi) is 6.24. The zero-order chi connectivity index (χ0) is 22.6. The molecule has 3 heterocycles. The lowest BCUT2D eigenvalue weighted by Gasteiger charge is -2.42. The molecule has 3 rings (SSSR count). The van der Waals surface area contributed by atoms with Crippen LogP contribution in [0, 0.1) is 23.7 Å². The maximum Gasteiger partial charge on any atom is 0.244 e. The molecule has 8 atom stereocenters. The summed E-state index contributed by atoms with van der Waals surface area (Å²) in [7, 11) is 1.60. The van der Waals surface area contributed by atoms with Crippen molar-refractivity contribution in [2.45, 2.75) is 82.0 Å². The summed E-state index contributed by atoms with van der Waals surface area (Å²) in [4.78, 5) is 42.0. The van der Waals surface area contributed by atoms with Gasteiger partial charge in [0.05, 0.1) is 29.2 Å². The van der Waals surface area contributed by atoms with Crippen LogP contribution in [0.3, 0.4) is 0 Å². The molecule has 3 aliphatic rings. The Bertz CT molecular complexity index is 724. The smallest absolute Gasteiger partial charge is 0.244 e. The first-order valence-electron chi connectivity index (χ1n) is 11.1. The molecular weight excluding hydrogens is 402 g/mol. The number of amides is 3. The summed E-state index contributed by atoms with van der Waals surface area (Å²) in [5.41, 5.74) is -0.448. The Morgan fingerprint density at radius 3 is 2.47 bits per heavy atom. The van der Waals surface area contributed by atoms with E-state index in [0.29, 0.717) is 0 Å². The lowest BCUT2D eigenvalue weighted by molar-refractivity contribution is -0.144. The number of nitrogens with zero attached hydrogens (tertiary/aromatic N) is 1. The lowest BCUT2D eigenvalue weighted by Crippen LogP contribution is -2.61. The van der Waals surface area contributed by atoms with Gasteiger partial charge < -0.3 is 20.6 Å². The fourth-order valence-electron chi connectivity index (χ4n) is 5.84. The summed E-state index contributed by atoms with van der Waals surface area (Å²) in [6.07, 6.45) is 1.59. The number of nitrogens with one attached hydrogen (secondary N) is 2. The minimum absolute atomic E-state index is 0.0371. The molecule has 3 amide bonds. The predicted octanol–water partition coefficient (Wildman–Crippen LogP) is 1.39. The van der Waals surface area contributed by atoms with Crippen molar-refractivity contribution in [1.82, 2.24) is 15.5 Å². The second-order valence-electron chi connectivity index (χ2n) is 10.3. The van der Waals surface area contributed by atoms with Crippen molar-refractivity contribution in [2.24, 2.45) is 23.7 Å². The maximum atomic E-state index is 13.9. The highest BCUT2D eigenvalue weighted by Crippen LogP contribution is 2.68. The highest BCUT2D eigenvalue weighted by atomic mass is 32.2. The van der Waals surface area contributed by atoms with Gasteiger partial charge in [0.1, 0.15) is 6.04 Å². The normalized spacial score (nSPS) is 37.1. The van der Waals surface area contributed by atoms with Crippen molar-refractivity contribution < 1.29 is 19.5 Å². The molecule has 3 saturated heterocycles. The Hall–Kier alpha value is -1.28. The van der Waals surface area contributed by atoms with Crippen LogP contribution in [0.1, 0.15) is 54.4 Å². The molecule has 3 N–H and O–H groups in total. The number of fused-ring (bicyclic) bond motifs is 1. The van der Waals surface area contributed by atoms with Crippen LogP contribution in [-0.2, 0) is 14.4 Å². The van der Waals surface area contributed by atoms with Gasteiger partial charge in [0.25, 0.3) is 0 Å². The number of rotatable bonds is 6. The molecule has 170 valence electrons. The number of hydrogen-bond acceptors (Lipinski definition) is 5. The summed E-state index contributed by atoms with van der Waals surface area (Å²) in [5.74, 6) is -1.27. The number of hydrogen-bond donors (Lipinski definition) is 3. The molecule has 3 fully saturated rings. The second-order valence-corrected chi connectivity index (χ2v) is 11.8.